The van der Waals surface area contributed by atoms with Crippen LogP contribution in [0.2, 0.25) is 0 Å². The molecule has 3 aromatic rings. The van der Waals surface area contributed by atoms with Crippen LogP contribution in [-0.2, 0) is 9.59 Å². The smallest absolute Gasteiger partial charge is 0.265 e. The molecule has 0 bridgehead atoms. The second kappa shape index (κ2) is 8.49. The van der Waals surface area contributed by atoms with Gasteiger partial charge in [0.25, 0.3) is 5.91 Å². The summed E-state index contributed by atoms with van der Waals surface area (Å²) in [5.41, 5.74) is 2.55. The van der Waals surface area contributed by atoms with E-state index in [1.807, 2.05) is 66.7 Å². The average molecular weight is 451 g/mol. The van der Waals surface area contributed by atoms with Crippen molar-refractivity contribution in [3.63, 3.8) is 0 Å². The molecule has 0 spiro atoms. The van der Waals surface area contributed by atoms with Crippen molar-refractivity contribution in [1.29, 1.82) is 0 Å². The molecule has 6 heteroatoms. The van der Waals surface area contributed by atoms with Crippen LogP contribution in [0.25, 0.3) is 0 Å². The number of fused-ring (bicyclic) bond motifs is 1. The van der Waals surface area contributed by atoms with Gasteiger partial charge in [0.05, 0.1) is 11.7 Å². The third-order valence-corrected chi connectivity index (χ3v) is 5.23. The maximum atomic E-state index is 12.9. The Morgan fingerprint density at radius 2 is 1.62 bits per heavy atom. The van der Waals surface area contributed by atoms with E-state index in [2.05, 4.69) is 21.2 Å². The third-order valence-electron chi connectivity index (χ3n) is 4.74. The third kappa shape index (κ3) is 4.32. The predicted molar refractivity (Wildman–Crippen MR) is 115 cm³/mol. The zero-order valence-corrected chi connectivity index (χ0v) is 17.1. The average Bonchev–Trinajstić information content (AvgIpc) is 2.75. The lowest BCUT2D eigenvalue weighted by Crippen LogP contribution is -2.45. The van der Waals surface area contributed by atoms with Gasteiger partial charge in [-0.2, -0.15) is 0 Å². The first-order valence-electron chi connectivity index (χ1n) is 9.24. The standard InChI is InChI=1S/C23H19BrN2O3/c24-18-11-12-19-20(13-18)29-15-22(28)26(19)14-21(27)25-23(16-7-3-1-4-8-16)17-9-5-2-6-10-17/h1-13,23H,14-15H2,(H,25,27). The number of halogens is 1. The fraction of sp³-hybridized carbons (Fsp3) is 0.130. The largest absolute Gasteiger partial charge is 0.482 e. The Labute approximate surface area is 177 Å². The summed E-state index contributed by atoms with van der Waals surface area (Å²) in [6, 6.07) is 24.6. The van der Waals surface area contributed by atoms with Gasteiger partial charge in [-0.15, -0.1) is 0 Å². The number of rotatable bonds is 5. The Morgan fingerprint density at radius 3 is 2.24 bits per heavy atom. The molecule has 29 heavy (non-hydrogen) atoms. The van der Waals surface area contributed by atoms with Crippen LogP contribution in [0.1, 0.15) is 17.2 Å². The van der Waals surface area contributed by atoms with Gasteiger partial charge in [0.15, 0.2) is 6.61 Å². The van der Waals surface area contributed by atoms with E-state index in [0.717, 1.165) is 15.6 Å². The lowest BCUT2D eigenvalue weighted by atomic mass is 9.98. The van der Waals surface area contributed by atoms with Crippen LogP contribution in [0, 0.1) is 0 Å². The number of carbonyl (C=O) groups is 2. The van der Waals surface area contributed by atoms with Gasteiger partial charge in [0.2, 0.25) is 5.91 Å². The van der Waals surface area contributed by atoms with Crippen LogP contribution in [0.3, 0.4) is 0 Å². The zero-order chi connectivity index (χ0) is 20.2. The molecule has 1 aliphatic heterocycles. The molecule has 1 N–H and O–H groups in total. The van der Waals surface area contributed by atoms with Crippen molar-refractivity contribution in [3.05, 3.63) is 94.5 Å². The SMILES string of the molecule is O=C(CN1C(=O)COc2cc(Br)ccc21)NC(c1ccccc1)c1ccccc1. The fourth-order valence-electron chi connectivity index (χ4n) is 3.35. The van der Waals surface area contributed by atoms with Gasteiger partial charge in [0.1, 0.15) is 12.3 Å². The molecule has 0 aromatic heterocycles. The molecule has 5 nitrogen and oxygen atoms in total. The van der Waals surface area contributed by atoms with Crippen molar-refractivity contribution < 1.29 is 14.3 Å². The lowest BCUT2D eigenvalue weighted by Gasteiger charge is -2.30. The molecule has 0 fully saturated rings. The van der Waals surface area contributed by atoms with Crippen molar-refractivity contribution in [2.45, 2.75) is 6.04 Å². The van der Waals surface area contributed by atoms with E-state index in [4.69, 9.17) is 4.74 Å². The number of nitrogens with one attached hydrogen (secondary N) is 1. The number of benzene rings is 3. The summed E-state index contributed by atoms with van der Waals surface area (Å²) in [6.07, 6.45) is 0. The predicted octanol–water partition coefficient (Wildman–Crippen LogP) is 4.08. The highest BCUT2D eigenvalue weighted by Crippen LogP contribution is 2.34. The van der Waals surface area contributed by atoms with E-state index in [0.29, 0.717) is 11.4 Å². The van der Waals surface area contributed by atoms with Crippen molar-refractivity contribution in [1.82, 2.24) is 5.32 Å². The van der Waals surface area contributed by atoms with Crippen molar-refractivity contribution in [2.24, 2.45) is 0 Å². The van der Waals surface area contributed by atoms with E-state index in [1.165, 1.54) is 4.90 Å². The summed E-state index contributed by atoms with van der Waals surface area (Å²) >= 11 is 3.40. The van der Waals surface area contributed by atoms with Crippen molar-refractivity contribution in [2.75, 3.05) is 18.1 Å². The van der Waals surface area contributed by atoms with E-state index in [-0.39, 0.29) is 31.0 Å². The second-order valence-corrected chi connectivity index (χ2v) is 7.62. The minimum absolute atomic E-state index is 0.0764. The molecule has 2 amide bonds. The Balaban J connectivity index is 1.57. The van der Waals surface area contributed by atoms with Crippen LogP contribution in [-0.4, -0.2) is 25.0 Å². The Morgan fingerprint density at radius 1 is 1.00 bits per heavy atom. The van der Waals surface area contributed by atoms with Crippen LogP contribution in [0.4, 0.5) is 5.69 Å². The fourth-order valence-corrected chi connectivity index (χ4v) is 3.69. The number of carbonyl (C=O) groups excluding carboxylic acids is 2. The van der Waals surface area contributed by atoms with Crippen LogP contribution in [0.5, 0.6) is 5.75 Å². The normalized spacial score (nSPS) is 13.0. The van der Waals surface area contributed by atoms with Gasteiger partial charge in [-0.3, -0.25) is 14.5 Å². The summed E-state index contributed by atoms with van der Waals surface area (Å²) in [4.78, 5) is 26.8. The number of nitrogens with zero attached hydrogens (tertiary/aromatic N) is 1. The highest BCUT2D eigenvalue weighted by molar-refractivity contribution is 9.10. The van der Waals surface area contributed by atoms with E-state index >= 15 is 0 Å². The summed E-state index contributed by atoms with van der Waals surface area (Å²) in [5.74, 6) is 0.0900. The molecule has 0 aliphatic carbocycles. The molecular weight excluding hydrogens is 432 g/mol. The first kappa shape index (κ1) is 19.2. The molecule has 0 radical (unpaired) electrons. The van der Waals surface area contributed by atoms with Crippen LogP contribution in [0.15, 0.2) is 83.3 Å². The molecule has 1 aliphatic rings. The van der Waals surface area contributed by atoms with Crippen molar-refractivity contribution in [3.8, 4) is 5.75 Å². The van der Waals surface area contributed by atoms with Gasteiger partial charge in [-0.05, 0) is 29.3 Å². The number of anilines is 1. The number of ether oxygens (including phenoxy) is 1. The summed E-state index contributed by atoms with van der Waals surface area (Å²) in [6.45, 7) is -0.162. The first-order valence-corrected chi connectivity index (χ1v) is 10.0. The van der Waals surface area contributed by atoms with E-state index in [9.17, 15) is 9.59 Å². The number of hydrogen-bond donors (Lipinski definition) is 1. The van der Waals surface area contributed by atoms with Crippen LogP contribution < -0.4 is 15.0 Å². The van der Waals surface area contributed by atoms with Crippen molar-refractivity contribution >= 4 is 33.4 Å². The summed E-state index contributed by atoms with van der Waals surface area (Å²) in [7, 11) is 0. The topological polar surface area (TPSA) is 58.6 Å². The van der Waals surface area contributed by atoms with E-state index in [1.54, 1.807) is 12.1 Å². The minimum Gasteiger partial charge on any atom is -0.482 e. The number of hydrogen-bond acceptors (Lipinski definition) is 3. The molecule has 0 atom stereocenters. The lowest BCUT2D eigenvalue weighted by molar-refractivity contribution is -0.125. The molecule has 4 rings (SSSR count). The highest BCUT2D eigenvalue weighted by Gasteiger charge is 2.28. The Hall–Kier alpha value is -3.12. The molecular formula is C23H19BrN2O3. The van der Waals surface area contributed by atoms with Gasteiger partial charge in [-0.1, -0.05) is 76.6 Å². The van der Waals surface area contributed by atoms with Gasteiger partial charge in [-0.25, -0.2) is 0 Å². The van der Waals surface area contributed by atoms with Crippen LogP contribution >= 0.6 is 15.9 Å². The molecule has 0 unspecified atom stereocenters. The molecule has 0 saturated carbocycles. The number of amides is 2. The molecule has 0 saturated heterocycles. The van der Waals surface area contributed by atoms with Gasteiger partial charge in [0, 0.05) is 4.47 Å². The monoisotopic (exact) mass is 450 g/mol. The first-order chi connectivity index (χ1) is 14.1. The Kier molecular flexibility index (Phi) is 5.62. The molecule has 1 heterocycles. The summed E-state index contributed by atoms with van der Waals surface area (Å²) < 4.78 is 6.35. The second-order valence-electron chi connectivity index (χ2n) is 6.70. The molecule has 146 valence electrons. The zero-order valence-electron chi connectivity index (χ0n) is 15.5. The van der Waals surface area contributed by atoms with E-state index < -0.39 is 0 Å². The molecule has 3 aromatic carbocycles. The maximum absolute atomic E-state index is 12.9. The minimum atomic E-state index is -0.301. The highest BCUT2D eigenvalue weighted by atomic mass is 79.9. The van der Waals surface area contributed by atoms with Gasteiger partial charge >= 0.3 is 0 Å². The van der Waals surface area contributed by atoms with Gasteiger partial charge < -0.3 is 10.1 Å². The Bertz CT molecular complexity index is 985. The summed E-state index contributed by atoms with van der Waals surface area (Å²) in [5, 5.41) is 3.08. The quantitative estimate of drug-likeness (QED) is 0.636. The maximum Gasteiger partial charge on any atom is 0.265 e.